The van der Waals surface area contributed by atoms with Gasteiger partial charge in [0.25, 0.3) is 0 Å². The minimum absolute atomic E-state index is 0.000424. The Kier molecular flexibility index (Phi) is 2.77. The van der Waals surface area contributed by atoms with Gasteiger partial charge in [-0.3, -0.25) is 19.2 Å². The molecule has 1 unspecified atom stereocenters. The zero-order valence-corrected chi connectivity index (χ0v) is 9.66. The van der Waals surface area contributed by atoms with E-state index in [1.54, 1.807) is 0 Å². The fourth-order valence-electron chi connectivity index (χ4n) is 2.00. The fourth-order valence-corrected chi connectivity index (χ4v) is 2.00. The number of hydrogen-bond donors (Lipinski definition) is 2. The highest BCUT2D eigenvalue weighted by Crippen LogP contribution is 2.27. The number of aromatic carboxylic acids is 1. The first kappa shape index (κ1) is 12.1. The van der Waals surface area contributed by atoms with Crippen molar-refractivity contribution < 1.29 is 19.5 Å². The zero-order chi connectivity index (χ0) is 13.4. The van der Waals surface area contributed by atoms with Crippen LogP contribution in [0.3, 0.4) is 0 Å². The summed E-state index contributed by atoms with van der Waals surface area (Å²) in [6.07, 6.45) is 1.17. The molecule has 0 bridgehead atoms. The molecule has 1 saturated heterocycles. The summed E-state index contributed by atoms with van der Waals surface area (Å²) in [6.45, 7) is 0.0913. The summed E-state index contributed by atoms with van der Waals surface area (Å²) < 4.78 is 1.30. The Morgan fingerprint density at radius 2 is 2.22 bits per heavy atom. The molecular formula is C10H12N4O4. The van der Waals surface area contributed by atoms with E-state index in [4.69, 9.17) is 10.8 Å². The van der Waals surface area contributed by atoms with E-state index in [1.165, 1.54) is 22.8 Å². The van der Waals surface area contributed by atoms with Crippen molar-refractivity contribution in [2.75, 3.05) is 11.4 Å². The largest absolute Gasteiger partial charge is 0.477 e. The van der Waals surface area contributed by atoms with Crippen molar-refractivity contribution in [3.05, 3.63) is 11.8 Å². The van der Waals surface area contributed by atoms with Crippen LogP contribution in [0.2, 0.25) is 0 Å². The minimum atomic E-state index is -1.17. The fraction of sp³-hybridized carbons (Fsp3) is 0.400. The lowest BCUT2D eigenvalue weighted by Crippen LogP contribution is -2.30. The van der Waals surface area contributed by atoms with Gasteiger partial charge in [-0.05, 0) is 0 Å². The highest BCUT2D eigenvalue weighted by Gasteiger charge is 2.37. The summed E-state index contributed by atoms with van der Waals surface area (Å²) >= 11 is 0. The predicted octanol–water partition coefficient (Wildman–Crippen LogP) is -1.04. The smallest absolute Gasteiger partial charge is 0.341 e. The SMILES string of the molecule is Cn1ncc(C(=O)O)c1N1CC(C(N)=O)CC1=O. The van der Waals surface area contributed by atoms with E-state index >= 15 is 0 Å². The number of nitrogens with zero attached hydrogens (tertiary/aromatic N) is 3. The Labute approximate surface area is 102 Å². The number of primary amides is 1. The molecule has 0 aromatic carbocycles. The lowest BCUT2D eigenvalue weighted by molar-refractivity contribution is -0.123. The number of carbonyl (C=O) groups excluding carboxylic acids is 2. The maximum Gasteiger partial charge on any atom is 0.341 e. The number of aromatic nitrogens is 2. The molecular weight excluding hydrogens is 240 g/mol. The molecule has 2 amide bonds. The van der Waals surface area contributed by atoms with Gasteiger partial charge in [-0.2, -0.15) is 5.10 Å². The topological polar surface area (TPSA) is 119 Å². The van der Waals surface area contributed by atoms with Crippen LogP contribution < -0.4 is 10.6 Å². The molecule has 0 saturated carbocycles. The summed E-state index contributed by atoms with van der Waals surface area (Å²) in [5.41, 5.74) is 5.08. The second kappa shape index (κ2) is 4.13. The average Bonchev–Trinajstić information content (AvgIpc) is 2.81. The zero-order valence-electron chi connectivity index (χ0n) is 9.66. The van der Waals surface area contributed by atoms with Crippen LogP contribution in [0.1, 0.15) is 16.8 Å². The molecule has 1 aromatic rings. The highest BCUT2D eigenvalue weighted by molar-refractivity contribution is 6.04. The maximum absolute atomic E-state index is 11.8. The Bertz CT molecular complexity index is 536. The van der Waals surface area contributed by atoms with Crippen molar-refractivity contribution >= 4 is 23.6 Å². The number of carbonyl (C=O) groups is 3. The quantitative estimate of drug-likeness (QED) is 0.712. The molecule has 1 aliphatic rings. The first-order chi connectivity index (χ1) is 8.41. The van der Waals surface area contributed by atoms with Gasteiger partial charge in [0, 0.05) is 20.0 Å². The molecule has 18 heavy (non-hydrogen) atoms. The van der Waals surface area contributed by atoms with Crippen LogP contribution in [0, 0.1) is 5.92 Å². The van der Waals surface area contributed by atoms with Crippen molar-refractivity contribution in [2.24, 2.45) is 18.7 Å². The van der Waals surface area contributed by atoms with Crippen LogP contribution in [0.4, 0.5) is 5.82 Å². The second-order valence-electron chi connectivity index (χ2n) is 4.12. The summed E-state index contributed by atoms with van der Waals surface area (Å²) in [7, 11) is 1.53. The van der Waals surface area contributed by atoms with E-state index in [-0.39, 0.29) is 30.3 Å². The van der Waals surface area contributed by atoms with Gasteiger partial charge in [-0.25, -0.2) is 4.79 Å². The molecule has 8 nitrogen and oxygen atoms in total. The van der Waals surface area contributed by atoms with Gasteiger partial charge >= 0.3 is 5.97 Å². The van der Waals surface area contributed by atoms with Crippen molar-refractivity contribution in [2.45, 2.75) is 6.42 Å². The van der Waals surface area contributed by atoms with Crippen LogP contribution in [-0.4, -0.2) is 39.2 Å². The normalized spacial score (nSPS) is 19.3. The monoisotopic (exact) mass is 252 g/mol. The third kappa shape index (κ3) is 1.81. The first-order valence-electron chi connectivity index (χ1n) is 5.26. The summed E-state index contributed by atoms with van der Waals surface area (Å²) in [5, 5.41) is 12.8. The van der Waals surface area contributed by atoms with E-state index in [0.29, 0.717) is 0 Å². The number of hydrogen-bond acceptors (Lipinski definition) is 4. The van der Waals surface area contributed by atoms with E-state index in [0.717, 1.165) is 0 Å². The summed E-state index contributed by atoms with van der Waals surface area (Å²) in [6, 6.07) is 0. The van der Waals surface area contributed by atoms with Crippen LogP contribution >= 0.6 is 0 Å². The van der Waals surface area contributed by atoms with Crippen LogP contribution in [-0.2, 0) is 16.6 Å². The number of carboxylic acid groups (broad SMARTS) is 1. The number of carboxylic acids is 1. The number of anilines is 1. The van der Waals surface area contributed by atoms with Gasteiger partial charge in [-0.15, -0.1) is 0 Å². The Hall–Kier alpha value is -2.38. The molecule has 1 fully saturated rings. The molecule has 8 heteroatoms. The third-order valence-electron chi connectivity index (χ3n) is 2.92. The number of aryl methyl sites for hydroxylation is 1. The maximum atomic E-state index is 11.8. The second-order valence-corrected chi connectivity index (χ2v) is 4.12. The van der Waals surface area contributed by atoms with Gasteiger partial charge in [0.05, 0.1) is 12.1 Å². The van der Waals surface area contributed by atoms with Gasteiger partial charge in [0.1, 0.15) is 11.4 Å². The Balaban J connectivity index is 2.38. The molecule has 1 atom stereocenters. The number of nitrogens with two attached hydrogens (primary N) is 1. The minimum Gasteiger partial charge on any atom is -0.477 e. The lowest BCUT2D eigenvalue weighted by Gasteiger charge is -2.17. The van der Waals surface area contributed by atoms with Crippen molar-refractivity contribution in [3.63, 3.8) is 0 Å². The molecule has 3 N–H and O–H groups in total. The van der Waals surface area contributed by atoms with Crippen LogP contribution in [0.25, 0.3) is 0 Å². The lowest BCUT2D eigenvalue weighted by atomic mass is 10.1. The summed E-state index contributed by atoms with van der Waals surface area (Å²) in [4.78, 5) is 35.1. The van der Waals surface area contributed by atoms with E-state index in [1.807, 2.05) is 0 Å². The number of amides is 2. The van der Waals surface area contributed by atoms with Crippen molar-refractivity contribution in [1.82, 2.24) is 9.78 Å². The van der Waals surface area contributed by atoms with Crippen molar-refractivity contribution in [1.29, 1.82) is 0 Å². The predicted molar refractivity (Wildman–Crippen MR) is 59.8 cm³/mol. The molecule has 1 aromatic heterocycles. The molecule has 2 rings (SSSR count). The standard InChI is InChI=1S/C10H12N4O4/c1-13-9(6(3-12-13)10(17)18)14-4-5(8(11)16)2-7(14)15/h3,5H,2,4H2,1H3,(H2,11,16)(H,17,18). The molecule has 2 heterocycles. The van der Waals surface area contributed by atoms with Gasteiger partial charge in [0.15, 0.2) is 0 Å². The first-order valence-corrected chi connectivity index (χ1v) is 5.26. The van der Waals surface area contributed by atoms with Gasteiger partial charge in [0.2, 0.25) is 11.8 Å². The summed E-state index contributed by atoms with van der Waals surface area (Å²) in [5.74, 6) is -2.48. The Morgan fingerprint density at radius 1 is 1.56 bits per heavy atom. The third-order valence-corrected chi connectivity index (χ3v) is 2.92. The van der Waals surface area contributed by atoms with Gasteiger partial charge < -0.3 is 10.8 Å². The molecule has 0 aliphatic carbocycles. The molecule has 1 aliphatic heterocycles. The van der Waals surface area contributed by atoms with Crippen molar-refractivity contribution in [3.8, 4) is 0 Å². The van der Waals surface area contributed by atoms with E-state index < -0.39 is 17.8 Å². The highest BCUT2D eigenvalue weighted by atomic mass is 16.4. The molecule has 0 spiro atoms. The molecule has 96 valence electrons. The van der Waals surface area contributed by atoms with E-state index in [9.17, 15) is 14.4 Å². The van der Waals surface area contributed by atoms with Crippen LogP contribution in [0.15, 0.2) is 6.20 Å². The Morgan fingerprint density at radius 3 is 2.72 bits per heavy atom. The average molecular weight is 252 g/mol. The van der Waals surface area contributed by atoms with Crippen LogP contribution in [0.5, 0.6) is 0 Å². The van der Waals surface area contributed by atoms with E-state index in [2.05, 4.69) is 5.10 Å². The van der Waals surface area contributed by atoms with Gasteiger partial charge in [-0.1, -0.05) is 0 Å². The molecule has 0 radical (unpaired) electrons. The number of rotatable bonds is 3.